The summed E-state index contributed by atoms with van der Waals surface area (Å²) in [5.41, 5.74) is 2.59. The first-order chi connectivity index (χ1) is 14.8. The van der Waals surface area contributed by atoms with Crippen molar-refractivity contribution in [3.63, 3.8) is 0 Å². The maximum Gasteiger partial charge on any atom is 0.194 e. The van der Waals surface area contributed by atoms with Crippen LogP contribution in [-0.4, -0.2) is 73.2 Å². The number of pyridine rings is 1. The third-order valence-corrected chi connectivity index (χ3v) is 6.55. The van der Waals surface area contributed by atoms with E-state index in [1.807, 2.05) is 24.0 Å². The fourth-order valence-electron chi connectivity index (χ4n) is 3.91. The highest BCUT2D eigenvalue weighted by atomic mass is 32.2. The topological polar surface area (TPSA) is 47.0 Å². The molecule has 30 heavy (non-hydrogen) atoms. The first-order valence-corrected chi connectivity index (χ1v) is 12.1. The van der Waals surface area contributed by atoms with Crippen molar-refractivity contribution in [2.45, 2.75) is 13.5 Å². The number of anilines is 2. The van der Waals surface area contributed by atoms with Crippen molar-refractivity contribution < 1.29 is 0 Å². The van der Waals surface area contributed by atoms with Crippen LogP contribution in [0.1, 0.15) is 12.5 Å². The van der Waals surface area contributed by atoms with Gasteiger partial charge in [-0.15, -0.1) is 0 Å². The molecule has 7 heteroatoms. The Labute approximate surface area is 184 Å². The number of guanidine groups is 1. The molecule has 2 aromatic rings. The molecule has 2 saturated heterocycles. The van der Waals surface area contributed by atoms with Gasteiger partial charge in [0.25, 0.3) is 0 Å². The number of rotatable bonds is 5. The molecule has 6 nitrogen and oxygen atoms in total. The molecule has 1 N–H and O–H groups in total. The molecule has 4 rings (SSSR count). The Morgan fingerprint density at radius 2 is 1.73 bits per heavy atom. The van der Waals surface area contributed by atoms with Gasteiger partial charge in [0.1, 0.15) is 5.82 Å². The van der Waals surface area contributed by atoms with Crippen molar-refractivity contribution >= 4 is 29.2 Å². The zero-order chi connectivity index (χ0) is 20.6. The van der Waals surface area contributed by atoms with Crippen LogP contribution in [-0.2, 0) is 6.54 Å². The molecule has 2 aliphatic rings. The lowest BCUT2D eigenvalue weighted by molar-refractivity contribution is 0.371. The number of nitrogens with zero attached hydrogens (tertiary/aromatic N) is 5. The van der Waals surface area contributed by atoms with Gasteiger partial charge in [-0.2, -0.15) is 11.8 Å². The third kappa shape index (κ3) is 5.39. The van der Waals surface area contributed by atoms with Gasteiger partial charge in [0.05, 0.1) is 6.54 Å². The molecule has 0 spiro atoms. The van der Waals surface area contributed by atoms with Crippen LogP contribution in [0.25, 0.3) is 0 Å². The number of benzene rings is 1. The lowest BCUT2D eigenvalue weighted by atomic mass is 10.2. The van der Waals surface area contributed by atoms with Gasteiger partial charge in [-0.05, 0) is 36.8 Å². The largest absolute Gasteiger partial charge is 0.370 e. The number of piperazine rings is 1. The van der Waals surface area contributed by atoms with E-state index in [9.17, 15) is 0 Å². The zero-order valence-corrected chi connectivity index (χ0v) is 18.7. The van der Waals surface area contributed by atoms with E-state index < -0.39 is 0 Å². The minimum absolute atomic E-state index is 0.707. The van der Waals surface area contributed by atoms with Crippen LogP contribution < -0.4 is 15.1 Å². The molecule has 3 heterocycles. The van der Waals surface area contributed by atoms with Crippen molar-refractivity contribution in [2.75, 3.05) is 67.1 Å². The van der Waals surface area contributed by atoms with Crippen LogP contribution >= 0.6 is 11.8 Å². The van der Waals surface area contributed by atoms with E-state index in [0.717, 1.165) is 57.6 Å². The normalized spacial score (nSPS) is 17.9. The van der Waals surface area contributed by atoms with Gasteiger partial charge in [-0.25, -0.2) is 9.98 Å². The molecule has 160 valence electrons. The molecule has 0 unspecified atom stereocenters. The van der Waals surface area contributed by atoms with Gasteiger partial charge in [-0.3, -0.25) is 0 Å². The van der Waals surface area contributed by atoms with Crippen molar-refractivity contribution in [1.29, 1.82) is 0 Å². The smallest absolute Gasteiger partial charge is 0.194 e. The Morgan fingerprint density at radius 1 is 0.967 bits per heavy atom. The van der Waals surface area contributed by atoms with Crippen molar-refractivity contribution in [1.82, 2.24) is 15.2 Å². The van der Waals surface area contributed by atoms with E-state index in [1.54, 1.807) is 0 Å². The van der Waals surface area contributed by atoms with E-state index in [-0.39, 0.29) is 0 Å². The Bertz CT molecular complexity index is 796. The maximum atomic E-state index is 4.93. The predicted molar refractivity (Wildman–Crippen MR) is 129 cm³/mol. The third-order valence-electron chi connectivity index (χ3n) is 5.61. The minimum atomic E-state index is 0.707. The summed E-state index contributed by atoms with van der Waals surface area (Å²) in [5.74, 6) is 4.53. The van der Waals surface area contributed by atoms with E-state index in [2.05, 4.69) is 68.3 Å². The fourth-order valence-corrected chi connectivity index (χ4v) is 4.82. The van der Waals surface area contributed by atoms with E-state index in [1.165, 1.54) is 22.8 Å². The van der Waals surface area contributed by atoms with Gasteiger partial charge < -0.3 is 20.0 Å². The lowest BCUT2D eigenvalue weighted by Crippen LogP contribution is -2.52. The van der Waals surface area contributed by atoms with Gasteiger partial charge >= 0.3 is 0 Å². The van der Waals surface area contributed by atoms with Crippen LogP contribution in [0.4, 0.5) is 11.5 Å². The predicted octanol–water partition coefficient (Wildman–Crippen LogP) is 2.92. The highest BCUT2D eigenvalue weighted by Crippen LogP contribution is 2.20. The average Bonchev–Trinajstić information content (AvgIpc) is 2.83. The fraction of sp³-hybridized carbons (Fsp3) is 0.478. The molecule has 2 fully saturated rings. The number of aliphatic imine (C=N–C) groups is 1. The Balaban J connectivity index is 1.34. The second-order valence-corrected chi connectivity index (χ2v) is 8.82. The summed E-state index contributed by atoms with van der Waals surface area (Å²) in [6.45, 7) is 9.85. The summed E-state index contributed by atoms with van der Waals surface area (Å²) in [6, 6.07) is 15.1. The van der Waals surface area contributed by atoms with Crippen molar-refractivity contribution in [3.05, 3.63) is 54.2 Å². The van der Waals surface area contributed by atoms with Crippen LogP contribution in [0, 0.1) is 0 Å². The standard InChI is InChI=1S/C23H32N6S/c1-2-24-23(29-13-11-28(12-14-29)22-5-3-4-10-25-22)26-19-20-6-8-21(9-7-20)27-15-17-30-18-16-27/h3-10H,2,11-19H2,1H3,(H,24,26). The molecule has 1 aromatic heterocycles. The molecule has 1 aromatic carbocycles. The quantitative estimate of drug-likeness (QED) is 0.588. The summed E-state index contributed by atoms with van der Waals surface area (Å²) in [5, 5.41) is 3.47. The van der Waals surface area contributed by atoms with Crippen LogP contribution in [0.2, 0.25) is 0 Å². The van der Waals surface area contributed by atoms with Crippen LogP contribution in [0.3, 0.4) is 0 Å². The van der Waals surface area contributed by atoms with Gasteiger partial charge in [0.15, 0.2) is 5.96 Å². The number of hydrogen-bond donors (Lipinski definition) is 1. The second-order valence-electron chi connectivity index (χ2n) is 7.60. The first-order valence-electron chi connectivity index (χ1n) is 10.9. The van der Waals surface area contributed by atoms with Crippen molar-refractivity contribution in [2.24, 2.45) is 4.99 Å². The molecule has 0 aliphatic carbocycles. The number of nitrogens with one attached hydrogen (secondary N) is 1. The summed E-state index contributed by atoms with van der Waals surface area (Å²) >= 11 is 2.05. The molecule has 0 bridgehead atoms. The number of hydrogen-bond acceptors (Lipinski definition) is 5. The SMILES string of the molecule is CCNC(=NCc1ccc(N2CCSCC2)cc1)N1CCN(c2ccccn2)CC1. The highest BCUT2D eigenvalue weighted by Gasteiger charge is 2.20. The highest BCUT2D eigenvalue weighted by molar-refractivity contribution is 7.99. The monoisotopic (exact) mass is 424 g/mol. The molecule has 0 radical (unpaired) electrons. The zero-order valence-electron chi connectivity index (χ0n) is 17.8. The molecular weight excluding hydrogens is 392 g/mol. The van der Waals surface area contributed by atoms with E-state index >= 15 is 0 Å². The Morgan fingerprint density at radius 3 is 2.40 bits per heavy atom. The molecule has 2 aliphatic heterocycles. The van der Waals surface area contributed by atoms with E-state index in [4.69, 9.17) is 4.99 Å². The lowest BCUT2D eigenvalue weighted by Gasteiger charge is -2.37. The summed E-state index contributed by atoms with van der Waals surface area (Å²) < 4.78 is 0. The van der Waals surface area contributed by atoms with E-state index in [0.29, 0.717) is 6.54 Å². The van der Waals surface area contributed by atoms with Gasteiger partial charge in [0.2, 0.25) is 0 Å². The Kier molecular flexibility index (Phi) is 7.34. The molecule has 0 atom stereocenters. The van der Waals surface area contributed by atoms with Crippen LogP contribution in [0.5, 0.6) is 0 Å². The number of aromatic nitrogens is 1. The number of thioether (sulfide) groups is 1. The van der Waals surface area contributed by atoms with Gasteiger partial charge in [0, 0.05) is 69.2 Å². The minimum Gasteiger partial charge on any atom is -0.370 e. The second kappa shape index (κ2) is 10.6. The first kappa shape index (κ1) is 20.8. The van der Waals surface area contributed by atoms with Crippen LogP contribution in [0.15, 0.2) is 53.7 Å². The molecule has 0 saturated carbocycles. The maximum absolute atomic E-state index is 4.93. The average molecular weight is 425 g/mol. The summed E-state index contributed by atoms with van der Waals surface area (Å²) in [7, 11) is 0. The van der Waals surface area contributed by atoms with Crippen molar-refractivity contribution in [3.8, 4) is 0 Å². The molecular formula is C23H32N6S. The summed E-state index contributed by atoms with van der Waals surface area (Å²) in [4.78, 5) is 16.6. The molecule has 0 amide bonds. The van der Waals surface area contributed by atoms with Gasteiger partial charge in [-0.1, -0.05) is 18.2 Å². The Hall–Kier alpha value is -2.41. The summed E-state index contributed by atoms with van der Waals surface area (Å²) in [6.07, 6.45) is 1.86.